The molecule has 3 N–H and O–H groups in total. The Morgan fingerprint density at radius 1 is 1.03 bits per heavy atom. The fourth-order valence-corrected chi connectivity index (χ4v) is 5.13. The van der Waals surface area contributed by atoms with Gasteiger partial charge in [-0.1, -0.05) is 24.3 Å². The van der Waals surface area contributed by atoms with Crippen LogP contribution >= 0.6 is 0 Å². The summed E-state index contributed by atoms with van der Waals surface area (Å²) in [7, 11) is 0. The Hall–Kier alpha value is -3.58. The van der Waals surface area contributed by atoms with Crippen LogP contribution in [0, 0.1) is 0 Å². The number of carbonyl (C=O) groups is 1. The number of nitrogens with two attached hydrogens (primary N) is 1. The highest BCUT2D eigenvalue weighted by Crippen LogP contribution is 2.31. The maximum absolute atomic E-state index is 12.9. The smallest absolute Gasteiger partial charge is 0.255 e. The zero-order valence-electron chi connectivity index (χ0n) is 19.6. The molecule has 5 rings (SSSR count). The third kappa shape index (κ3) is 4.70. The molecule has 7 heteroatoms. The van der Waals surface area contributed by atoms with Crippen molar-refractivity contribution in [3.8, 4) is 0 Å². The van der Waals surface area contributed by atoms with Gasteiger partial charge in [-0.05, 0) is 49.4 Å². The topological polar surface area (TPSA) is 77.7 Å². The number of hydrogen-bond donors (Lipinski definition) is 2. The molecule has 0 spiro atoms. The highest BCUT2D eigenvalue weighted by Gasteiger charge is 2.35. The molecule has 3 aromatic rings. The molecule has 1 fully saturated rings. The number of fused-ring (bicyclic) bond motifs is 1. The van der Waals surface area contributed by atoms with Crippen LogP contribution in [0.25, 0.3) is 0 Å². The van der Waals surface area contributed by atoms with E-state index >= 15 is 0 Å². The van der Waals surface area contributed by atoms with Crippen molar-refractivity contribution >= 4 is 23.0 Å². The summed E-state index contributed by atoms with van der Waals surface area (Å²) in [6.07, 6.45) is 2.27. The fourth-order valence-electron chi connectivity index (χ4n) is 5.13. The number of amides is 1. The van der Waals surface area contributed by atoms with Gasteiger partial charge in [-0.3, -0.25) is 14.7 Å². The highest BCUT2D eigenvalue weighted by molar-refractivity contribution is 6.03. The quantitative estimate of drug-likeness (QED) is 0.556. The lowest BCUT2D eigenvalue weighted by atomic mass is 10.0. The summed E-state index contributed by atoms with van der Waals surface area (Å²) in [6.45, 7) is 7.21. The number of nitrogen functional groups attached to an aromatic ring is 1. The minimum atomic E-state index is -0.167. The molecule has 0 saturated carbocycles. The number of piperazine rings is 1. The van der Waals surface area contributed by atoms with Crippen molar-refractivity contribution in [1.82, 2.24) is 15.2 Å². The average Bonchev–Trinajstić information content (AvgIpc) is 2.86. The normalized spacial score (nSPS) is 19.4. The number of hydrogen-bond acceptors (Lipinski definition) is 6. The van der Waals surface area contributed by atoms with Gasteiger partial charge >= 0.3 is 0 Å². The van der Waals surface area contributed by atoms with Gasteiger partial charge < -0.3 is 20.9 Å². The second-order valence-corrected chi connectivity index (χ2v) is 9.17. The Morgan fingerprint density at radius 3 is 2.53 bits per heavy atom. The number of carbonyl (C=O) groups excluding carboxylic acids is 1. The maximum atomic E-state index is 12.9. The van der Waals surface area contributed by atoms with Crippen molar-refractivity contribution in [2.45, 2.75) is 25.6 Å². The van der Waals surface area contributed by atoms with Crippen molar-refractivity contribution in [3.63, 3.8) is 0 Å². The SMILES string of the molecule is CC(CN1CCN(c2ccccc2)CC1)N1c2ccc(N)cc2C(=O)NC1Cc1ccccn1. The molecular formula is C27H32N6O. The number of anilines is 3. The molecule has 34 heavy (non-hydrogen) atoms. The number of aromatic nitrogens is 1. The van der Waals surface area contributed by atoms with Crippen molar-refractivity contribution < 1.29 is 4.79 Å². The molecule has 0 radical (unpaired) electrons. The van der Waals surface area contributed by atoms with Gasteiger partial charge in [-0.25, -0.2) is 0 Å². The first-order chi connectivity index (χ1) is 16.6. The molecule has 2 aromatic carbocycles. The van der Waals surface area contributed by atoms with Gasteiger partial charge in [0.05, 0.1) is 11.3 Å². The van der Waals surface area contributed by atoms with E-state index in [4.69, 9.17) is 5.73 Å². The van der Waals surface area contributed by atoms with E-state index in [2.05, 4.69) is 62.3 Å². The van der Waals surface area contributed by atoms with Crippen molar-refractivity contribution in [1.29, 1.82) is 0 Å². The average molecular weight is 457 g/mol. The fraction of sp³-hybridized carbons (Fsp3) is 0.333. The molecule has 2 aliphatic heterocycles. The van der Waals surface area contributed by atoms with Crippen LogP contribution in [0.15, 0.2) is 72.9 Å². The van der Waals surface area contributed by atoms with Gasteiger partial charge in [0.25, 0.3) is 5.91 Å². The Labute approximate surface area is 201 Å². The van der Waals surface area contributed by atoms with Gasteiger partial charge in [-0.2, -0.15) is 0 Å². The molecule has 1 saturated heterocycles. The number of rotatable bonds is 6. The summed E-state index contributed by atoms with van der Waals surface area (Å²) in [5, 5.41) is 3.21. The van der Waals surface area contributed by atoms with Crippen LogP contribution in [-0.4, -0.2) is 60.7 Å². The Balaban J connectivity index is 1.33. The van der Waals surface area contributed by atoms with E-state index in [1.807, 2.05) is 30.3 Å². The minimum absolute atomic E-state index is 0.0804. The van der Waals surface area contributed by atoms with Gasteiger partial charge in [0.15, 0.2) is 0 Å². The van der Waals surface area contributed by atoms with Crippen LogP contribution in [0.1, 0.15) is 23.0 Å². The van der Waals surface area contributed by atoms with Gasteiger partial charge in [0.2, 0.25) is 0 Å². The summed E-state index contributed by atoms with van der Waals surface area (Å²) in [5.41, 5.74) is 10.4. The number of nitrogens with zero attached hydrogens (tertiary/aromatic N) is 4. The molecule has 2 unspecified atom stereocenters. The zero-order chi connectivity index (χ0) is 23.5. The summed E-state index contributed by atoms with van der Waals surface area (Å²) in [5.74, 6) is -0.0804. The van der Waals surface area contributed by atoms with E-state index in [1.165, 1.54) is 5.69 Å². The molecule has 3 heterocycles. The minimum Gasteiger partial charge on any atom is -0.399 e. The Kier molecular flexibility index (Phi) is 6.36. The molecule has 0 aliphatic carbocycles. The largest absolute Gasteiger partial charge is 0.399 e. The first kappa shape index (κ1) is 22.2. The van der Waals surface area contributed by atoms with E-state index in [9.17, 15) is 4.79 Å². The van der Waals surface area contributed by atoms with Crippen LogP contribution in [0.4, 0.5) is 17.1 Å². The molecule has 0 bridgehead atoms. The number of nitrogens with one attached hydrogen (secondary N) is 1. The van der Waals surface area contributed by atoms with Crippen LogP contribution in [0.3, 0.4) is 0 Å². The summed E-state index contributed by atoms with van der Waals surface area (Å²) in [6, 6.07) is 22.4. The van der Waals surface area contributed by atoms with Gasteiger partial charge in [0.1, 0.15) is 6.17 Å². The molecular weight excluding hydrogens is 424 g/mol. The van der Waals surface area contributed by atoms with Crippen molar-refractivity contribution in [2.75, 3.05) is 48.3 Å². The molecule has 1 aromatic heterocycles. The molecule has 176 valence electrons. The maximum Gasteiger partial charge on any atom is 0.255 e. The second kappa shape index (κ2) is 9.73. The van der Waals surface area contributed by atoms with Gasteiger partial charge in [-0.15, -0.1) is 0 Å². The Morgan fingerprint density at radius 2 is 1.79 bits per heavy atom. The molecule has 2 aliphatic rings. The van der Waals surface area contributed by atoms with Crippen LogP contribution in [-0.2, 0) is 6.42 Å². The van der Waals surface area contributed by atoms with E-state index < -0.39 is 0 Å². The summed E-state index contributed by atoms with van der Waals surface area (Å²) < 4.78 is 0. The van der Waals surface area contributed by atoms with E-state index in [0.717, 1.165) is 44.1 Å². The molecule has 2 atom stereocenters. The number of pyridine rings is 1. The third-order valence-corrected chi connectivity index (χ3v) is 6.80. The first-order valence-corrected chi connectivity index (χ1v) is 12.0. The standard InChI is InChI=1S/C27H32N6O/c1-20(19-31-13-15-32(16-14-31)23-8-3-2-4-9-23)33-25-11-10-21(28)17-24(25)27(34)30-26(33)18-22-7-5-6-12-29-22/h2-12,17,20,26H,13-16,18-19,28H2,1H3,(H,30,34). The predicted molar refractivity (Wildman–Crippen MR) is 137 cm³/mol. The summed E-state index contributed by atoms with van der Waals surface area (Å²) in [4.78, 5) is 24.8. The van der Waals surface area contributed by atoms with Crippen molar-refractivity contribution in [2.24, 2.45) is 0 Å². The lowest BCUT2D eigenvalue weighted by molar-refractivity contribution is 0.0922. The van der Waals surface area contributed by atoms with E-state index in [-0.39, 0.29) is 18.1 Å². The van der Waals surface area contributed by atoms with Crippen LogP contribution < -0.4 is 20.9 Å². The monoisotopic (exact) mass is 456 g/mol. The second-order valence-electron chi connectivity index (χ2n) is 9.17. The lowest BCUT2D eigenvalue weighted by Crippen LogP contribution is -2.60. The summed E-state index contributed by atoms with van der Waals surface area (Å²) >= 11 is 0. The molecule has 1 amide bonds. The first-order valence-electron chi connectivity index (χ1n) is 12.0. The highest BCUT2D eigenvalue weighted by atomic mass is 16.2. The van der Waals surface area contributed by atoms with E-state index in [0.29, 0.717) is 17.7 Å². The Bertz CT molecular complexity index is 1110. The third-order valence-electron chi connectivity index (χ3n) is 6.80. The predicted octanol–water partition coefficient (Wildman–Crippen LogP) is 2.99. The molecule has 7 nitrogen and oxygen atoms in total. The van der Waals surface area contributed by atoms with Crippen molar-refractivity contribution in [3.05, 3.63) is 84.2 Å². The van der Waals surface area contributed by atoms with E-state index in [1.54, 1.807) is 12.3 Å². The van der Waals surface area contributed by atoms with Crippen LogP contribution in [0.2, 0.25) is 0 Å². The number of benzene rings is 2. The zero-order valence-corrected chi connectivity index (χ0v) is 19.6. The van der Waals surface area contributed by atoms with Gasteiger partial charge in [0, 0.05) is 68.5 Å². The van der Waals surface area contributed by atoms with Crippen LogP contribution in [0.5, 0.6) is 0 Å². The lowest BCUT2D eigenvalue weighted by Gasteiger charge is -2.45. The number of para-hydroxylation sites is 1.